The largest absolute Gasteiger partial charge is 0.0853 e. The molecule has 0 aromatic heterocycles. The van der Waals surface area contributed by atoms with Gasteiger partial charge in [-0.1, -0.05) is 51.0 Å². The highest BCUT2D eigenvalue weighted by molar-refractivity contribution is 5.25. The van der Waals surface area contributed by atoms with Crippen LogP contribution in [0, 0.1) is 28.6 Å². The Morgan fingerprint density at radius 1 is 1.10 bits per heavy atom. The third-order valence-electron chi connectivity index (χ3n) is 6.80. The summed E-state index contributed by atoms with van der Waals surface area (Å²) < 4.78 is 0. The first-order valence-corrected chi connectivity index (χ1v) is 8.70. The molecule has 0 radical (unpaired) electrons. The summed E-state index contributed by atoms with van der Waals surface area (Å²) in [5, 5.41) is 0. The maximum absolute atomic E-state index is 2.77. The lowest BCUT2D eigenvalue weighted by molar-refractivity contribution is 0.182. The molecule has 3 aliphatic carbocycles. The predicted octanol–water partition coefficient (Wildman–Crippen LogP) is 6.14. The zero-order valence-electron chi connectivity index (χ0n) is 14.1. The molecule has 0 spiro atoms. The van der Waals surface area contributed by atoms with Gasteiger partial charge in [-0.05, 0) is 74.0 Å². The molecule has 0 aliphatic heterocycles. The van der Waals surface area contributed by atoms with Gasteiger partial charge in [0.2, 0.25) is 0 Å². The summed E-state index contributed by atoms with van der Waals surface area (Å²) in [6.07, 6.45) is 13.6. The lowest BCUT2D eigenvalue weighted by atomic mass is 9.68. The molecular weight excluding hydrogens is 240 g/mol. The zero-order chi connectivity index (χ0) is 14.5. The van der Waals surface area contributed by atoms with Gasteiger partial charge in [-0.25, -0.2) is 0 Å². The third kappa shape index (κ3) is 2.30. The Balaban J connectivity index is 2.05. The Morgan fingerprint density at radius 2 is 1.85 bits per heavy atom. The van der Waals surface area contributed by atoms with E-state index in [0.717, 1.165) is 17.8 Å². The molecule has 0 nitrogen and oxygen atoms in total. The molecule has 3 aliphatic rings. The molecule has 0 aromatic carbocycles. The van der Waals surface area contributed by atoms with Gasteiger partial charge in [0.15, 0.2) is 0 Å². The minimum Gasteiger partial charge on any atom is -0.0853 e. The summed E-state index contributed by atoms with van der Waals surface area (Å²) in [5.74, 6) is 2.50. The smallest absolute Gasteiger partial charge is 0.0107 e. The van der Waals surface area contributed by atoms with Crippen molar-refractivity contribution in [3.63, 3.8) is 0 Å². The van der Waals surface area contributed by atoms with E-state index < -0.39 is 0 Å². The molecule has 0 saturated heterocycles. The minimum absolute atomic E-state index is 0.441. The summed E-state index contributed by atoms with van der Waals surface area (Å²) in [6, 6.07) is 0. The molecule has 0 unspecified atom stereocenters. The zero-order valence-corrected chi connectivity index (χ0v) is 14.1. The summed E-state index contributed by atoms with van der Waals surface area (Å²) in [6.45, 7) is 12.4. The van der Waals surface area contributed by atoms with Gasteiger partial charge in [-0.3, -0.25) is 0 Å². The van der Waals surface area contributed by atoms with E-state index in [9.17, 15) is 0 Å². The molecule has 0 heterocycles. The summed E-state index contributed by atoms with van der Waals surface area (Å²) in [7, 11) is 0. The number of fused-ring (bicyclic) bond motifs is 2. The molecule has 20 heavy (non-hydrogen) atoms. The van der Waals surface area contributed by atoms with Gasteiger partial charge in [-0.15, -0.1) is 0 Å². The van der Waals surface area contributed by atoms with Crippen LogP contribution in [0.4, 0.5) is 0 Å². The van der Waals surface area contributed by atoms with Crippen molar-refractivity contribution in [2.24, 2.45) is 28.6 Å². The van der Waals surface area contributed by atoms with Gasteiger partial charge in [-0.2, -0.15) is 0 Å². The molecule has 0 aromatic rings. The molecular formula is C20H32. The maximum atomic E-state index is 2.77. The first kappa shape index (κ1) is 14.4. The number of rotatable bonds is 0. The van der Waals surface area contributed by atoms with Crippen LogP contribution in [0.3, 0.4) is 0 Å². The summed E-state index contributed by atoms with van der Waals surface area (Å²) in [5.41, 5.74) is 4.40. The highest BCUT2D eigenvalue weighted by Gasteiger charge is 2.48. The topological polar surface area (TPSA) is 0 Å². The Bertz CT molecular complexity index is 451. The maximum Gasteiger partial charge on any atom is -0.0107 e. The van der Waals surface area contributed by atoms with Crippen molar-refractivity contribution in [1.82, 2.24) is 0 Å². The second-order valence-electron chi connectivity index (χ2n) is 8.86. The second-order valence-corrected chi connectivity index (χ2v) is 8.86. The van der Waals surface area contributed by atoms with E-state index in [1.165, 1.54) is 38.5 Å². The molecule has 0 N–H and O–H groups in total. The first-order chi connectivity index (χ1) is 9.32. The molecule has 3 rings (SSSR count). The van der Waals surface area contributed by atoms with Gasteiger partial charge in [0, 0.05) is 0 Å². The minimum atomic E-state index is 0.441. The Morgan fingerprint density at radius 3 is 2.60 bits per heavy atom. The van der Waals surface area contributed by atoms with Crippen molar-refractivity contribution in [2.45, 2.75) is 73.1 Å². The van der Waals surface area contributed by atoms with E-state index in [1.807, 2.05) is 5.57 Å². The highest BCUT2D eigenvalue weighted by Crippen LogP contribution is 2.58. The number of hydrogen-bond acceptors (Lipinski definition) is 0. The van der Waals surface area contributed by atoms with Crippen molar-refractivity contribution >= 4 is 0 Å². The van der Waals surface area contributed by atoms with E-state index in [0.29, 0.717) is 10.8 Å². The van der Waals surface area contributed by atoms with Crippen LogP contribution in [0.25, 0.3) is 0 Å². The lowest BCUT2D eigenvalue weighted by Crippen LogP contribution is -2.28. The number of allylic oxidation sites excluding steroid dienone is 4. The predicted molar refractivity (Wildman–Crippen MR) is 87.6 cm³/mol. The van der Waals surface area contributed by atoms with Crippen LogP contribution >= 0.6 is 0 Å². The Labute approximate surface area is 125 Å². The fourth-order valence-corrected chi connectivity index (χ4v) is 5.43. The number of hydrogen-bond donors (Lipinski definition) is 0. The van der Waals surface area contributed by atoms with Crippen molar-refractivity contribution in [1.29, 1.82) is 0 Å². The SMILES string of the molecule is C/C1=C/C[C@H]2C(C)(C)CC[C@]2(C)/C=C2\[C@@H](CC[C@@H]2C)C1. The van der Waals surface area contributed by atoms with Crippen LogP contribution in [0.15, 0.2) is 23.3 Å². The Kier molecular flexibility index (Phi) is 3.42. The van der Waals surface area contributed by atoms with Crippen molar-refractivity contribution in [2.75, 3.05) is 0 Å². The monoisotopic (exact) mass is 272 g/mol. The molecule has 0 heteroatoms. The van der Waals surface area contributed by atoms with Crippen molar-refractivity contribution in [3.05, 3.63) is 23.3 Å². The van der Waals surface area contributed by atoms with Crippen LogP contribution in [-0.2, 0) is 0 Å². The standard InChI is InChI=1S/C20H32/c1-14-6-9-18-19(3,4)10-11-20(18,5)13-17-15(2)7-8-16(17)12-14/h6,13,15-16,18H,7-12H2,1-5H3/b14-6-,17-13-/t15-,16-,18-,20+/m0/s1. The van der Waals surface area contributed by atoms with Crippen LogP contribution in [-0.4, -0.2) is 0 Å². The molecule has 0 bridgehead atoms. The van der Waals surface area contributed by atoms with Crippen molar-refractivity contribution in [3.8, 4) is 0 Å². The average Bonchev–Trinajstić information content (AvgIpc) is 2.80. The summed E-state index contributed by atoms with van der Waals surface area (Å²) >= 11 is 0. The van der Waals surface area contributed by atoms with Crippen LogP contribution in [0.2, 0.25) is 0 Å². The Hall–Kier alpha value is -0.520. The van der Waals surface area contributed by atoms with Crippen LogP contribution < -0.4 is 0 Å². The van der Waals surface area contributed by atoms with Gasteiger partial charge in [0.25, 0.3) is 0 Å². The van der Waals surface area contributed by atoms with Crippen LogP contribution in [0.5, 0.6) is 0 Å². The fourth-order valence-electron chi connectivity index (χ4n) is 5.43. The first-order valence-electron chi connectivity index (χ1n) is 8.70. The van der Waals surface area contributed by atoms with Gasteiger partial charge in [0.05, 0.1) is 0 Å². The molecule has 2 saturated carbocycles. The summed E-state index contributed by atoms with van der Waals surface area (Å²) in [4.78, 5) is 0. The molecule has 0 amide bonds. The van der Waals surface area contributed by atoms with E-state index >= 15 is 0 Å². The van der Waals surface area contributed by atoms with Crippen molar-refractivity contribution < 1.29 is 0 Å². The third-order valence-corrected chi connectivity index (χ3v) is 6.80. The molecule has 4 atom stereocenters. The molecule has 2 fully saturated rings. The molecule has 112 valence electrons. The second kappa shape index (κ2) is 4.75. The van der Waals surface area contributed by atoms with E-state index in [2.05, 4.69) is 46.8 Å². The highest BCUT2D eigenvalue weighted by atomic mass is 14.5. The van der Waals surface area contributed by atoms with E-state index in [4.69, 9.17) is 0 Å². The fraction of sp³-hybridized carbons (Fsp3) is 0.800. The van der Waals surface area contributed by atoms with Gasteiger partial charge in [0.1, 0.15) is 0 Å². The van der Waals surface area contributed by atoms with Gasteiger partial charge >= 0.3 is 0 Å². The van der Waals surface area contributed by atoms with Crippen LogP contribution in [0.1, 0.15) is 73.1 Å². The average molecular weight is 272 g/mol. The quantitative estimate of drug-likeness (QED) is 0.464. The van der Waals surface area contributed by atoms with E-state index in [-0.39, 0.29) is 0 Å². The van der Waals surface area contributed by atoms with Gasteiger partial charge < -0.3 is 0 Å². The van der Waals surface area contributed by atoms with E-state index in [1.54, 1.807) is 5.57 Å². The lowest BCUT2D eigenvalue weighted by Gasteiger charge is -2.36. The normalized spacial score (nSPS) is 49.0.